The summed E-state index contributed by atoms with van der Waals surface area (Å²) in [6.45, 7) is 2.30. The van der Waals surface area contributed by atoms with Gasteiger partial charge in [-0.3, -0.25) is 9.40 Å². The highest BCUT2D eigenvalue weighted by Gasteiger charge is 2.24. The summed E-state index contributed by atoms with van der Waals surface area (Å²) < 4.78 is 56.7. The van der Waals surface area contributed by atoms with E-state index in [0.29, 0.717) is 45.4 Å². The van der Waals surface area contributed by atoms with E-state index in [1.54, 1.807) is 77.9 Å². The van der Waals surface area contributed by atoms with Crippen LogP contribution in [0.1, 0.15) is 16.7 Å². The Balaban J connectivity index is 1.48. The highest BCUT2D eigenvalue weighted by Crippen LogP contribution is 2.35. The minimum atomic E-state index is -4.00. The Morgan fingerprint density at radius 2 is 1.64 bits per heavy atom. The second-order valence-corrected chi connectivity index (χ2v) is 14.0. The molecule has 0 bridgehead atoms. The average Bonchev–Trinajstić information content (AvgIpc) is 3.61. The zero-order valence-electron chi connectivity index (χ0n) is 23.7. The molecule has 6 aromatic rings. The molecule has 3 heterocycles. The van der Waals surface area contributed by atoms with E-state index in [4.69, 9.17) is 0 Å². The molecule has 1 N–H and O–H groups in total. The van der Waals surface area contributed by atoms with Crippen LogP contribution in [0.3, 0.4) is 0 Å². The number of rotatable bonds is 8. The van der Waals surface area contributed by atoms with Crippen molar-refractivity contribution in [3.63, 3.8) is 0 Å². The Labute approximate surface area is 255 Å². The zero-order chi connectivity index (χ0) is 31.1. The van der Waals surface area contributed by atoms with Crippen molar-refractivity contribution in [2.24, 2.45) is 0 Å². The number of fused-ring (bicyclic) bond motifs is 1. The number of nitrogens with zero attached hydrogens (tertiary/aromatic N) is 5. The highest BCUT2D eigenvalue weighted by molar-refractivity contribution is 7.92. The molecule has 0 aliphatic rings. The van der Waals surface area contributed by atoms with Crippen molar-refractivity contribution in [1.29, 1.82) is 5.26 Å². The van der Waals surface area contributed by atoms with Crippen LogP contribution in [0.2, 0.25) is 0 Å². The summed E-state index contributed by atoms with van der Waals surface area (Å²) >= 11 is 0. The first-order valence-electron chi connectivity index (χ1n) is 13.4. The first-order chi connectivity index (χ1) is 21.0. The highest BCUT2D eigenvalue weighted by atomic mass is 32.2. The van der Waals surface area contributed by atoms with Crippen LogP contribution in [-0.2, 0) is 26.6 Å². The van der Waals surface area contributed by atoms with Gasteiger partial charge >= 0.3 is 0 Å². The molecule has 0 saturated heterocycles. The van der Waals surface area contributed by atoms with Crippen LogP contribution in [0.15, 0.2) is 109 Å². The number of nitriles is 1. The van der Waals surface area contributed by atoms with Crippen LogP contribution >= 0.6 is 0 Å². The minimum Gasteiger partial charge on any atom is -0.284 e. The molecule has 10 nitrogen and oxygen atoms in total. The second-order valence-electron chi connectivity index (χ2n) is 10.4. The maximum Gasteiger partial charge on any atom is 0.269 e. The van der Waals surface area contributed by atoms with Gasteiger partial charge in [-0.2, -0.15) is 10.4 Å². The molecule has 220 valence electrons. The number of benzene rings is 3. The fraction of sp³-hybridized carbons (Fsp3) is 0.0938. The normalized spacial score (nSPS) is 11.8. The largest absolute Gasteiger partial charge is 0.284 e. The number of aryl methyl sites for hydroxylation is 1. The van der Waals surface area contributed by atoms with Crippen molar-refractivity contribution < 1.29 is 16.8 Å². The number of hydrogen-bond acceptors (Lipinski definition) is 7. The molecule has 0 radical (unpaired) electrons. The fourth-order valence-electron chi connectivity index (χ4n) is 4.97. The van der Waals surface area contributed by atoms with Gasteiger partial charge in [0, 0.05) is 46.4 Å². The fourth-order valence-corrected chi connectivity index (χ4v) is 6.85. The number of anilines is 1. The molecule has 12 heteroatoms. The first kappa shape index (κ1) is 28.9. The summed E-state index contributed by atoms with van der Waals surface area (Å²) in [5.74, 6) is 0. The summed E-state index contributed by atoms with van der Waals surface area (Å²) in [4.78, 5) is 4.73. The summed E-state index contributed by atoms with van der Waals surface area (Å²) in [5, 5.41) is 14.3. The number of aromatic nitrogens is 4. The summed E-state index contributed by atoms with van der Waals surface area (Å²) in [6.07, 6.45) is 7.68. The quantitative estimate of drug-likeness (QED) is 0.240. The van der Waals surface area contributed by atoms with E-state index in [-0.39, 0.29) is 10.5 Å². The SMILES string of the molecule is Cc1ccc(S(=O)(=O)n2cc(-c3cnn(Cc4cccc(C#N)c4)c3)c3cc(-c4cccc(NS(C)(=O)=O)c4)cnc32)cc1. The summed E-state index contributed by atoms with van der Waals surface area (Å²) in [6, 6.07) is 24.7. The van der Waals surface area contributed by atoms with Crippen molar-refractivity contribution >= 4 is 36.8 Å². The van der Waals surface area contributed by atoms with Crippen molar-refractivity contribution in [2.45, 2.75) is 18.4 Å². The number of nitrogens with one attached hydrogen (secondary N) is 1. The second kappa shape index (κ2) is 11.1. The Morgan fingerprint density at radius 3 is 2.39 bits per heavy atom. The lowest BCUT2D eigenvalue weighted by atomic mass is 10.0. The monoisotopic (exact) mass is 622 g/mol. The van der Waals surface area contributed by atoms with Gasteiger partial charge in [0.05, 0.1) is 35.5 Å². The van der Waals surface area contributed by atoms with E-state index in [0.717, 1.165) is 17.4 Å². The lowest BCUT2D eigenvalue weighted by Gasteiger charge is -2.09. The van der Waals surface area contributed by atoms with Crippen LogP contribution in [-0.4, -0.2) is 41.8 Å². The molecule has 0 fully saturated rings. The van der Waals surface area contributed by atoms with Gasteiger partial charge in [0.25, 0.3) is 10.0 Å². The summed E-state index contributed by atoms with van der Waals surface area (Å²) in [5.41, 5.74) is 5.66. The van der Waals surface area contributed by atoms with Crippen LogP contribution in [0.25, 0.3) is 33.3 Å². The Kier molecular flexibility index (Phi) is 7.28. The lowest BCUT2D eigenvalue weighted by molar-refractivity contribution is 0.588. The molecule has 6 rings (SSSR count). The number of pyridine rings is 1. The van der Waals surface area contributed by atoms with Crippen LogP contribution in [0, 0.1) is 18.3 Å². The first-order valence-corrected chi connectivity index (χ1v) is 16.8. The Morgan fingerprint density at radius 1 is 0.864 bits per heavy atom. The van der Waals surface area contributed by atoms with E-state index in [9.17, 15) is 22.1 Å². The van der Waals surface area contributed by atoms with Gasteiger partial charge in [0.1, 0.15) is 0 Å². The molecule has 0 unspecified atom stereocenters. The molecule has 3 aromatic carbocycles. The molecule has 0 aliphatic heterocycles. The Bertz CT molecular complexity index is 2300. The van der Waals surface area contributed by atoms with Gasteiger partial charge in [-0.25, -0.2) is 25.8 Å². The van der Waals surface area contributed by atoms with E-state index in [1.165, 1.54) is 3.97 Å². The van der Waals surface area contributed by atoms with E-state index >= 15 is 0 Å². The molecule has 44 heavy (non-hydrogen) atoms. The topological polar surface area (TPSA) is 140 Å². The van der Waals surface area contributed by atoms with Crippen molar-refractivity contribution in [3.8, 4) is 28.3 Å². The van der Waals surface area contributed by atoms with Gasteiger partial charge in [0.15, 0.2) is 5.65 Å². The van der Waals surface area contributed by atoms with Crippen LogP contribution < -0.4 is 4.72 Å². The zero-order valence-corrected chi connectivity index (χ0v) is 25.3. The van der Waals surface area contributed by atoms with Crippen molar-refractivity contribution in [3.05, 3.63) is 120 Å². The van der Waals surface area contributed by atoms with Gasteiger partial charge in [-0.15, -0.1) is 0 Å². The van der Waals surface area contributed by atoms with Gasteiger partial charge < -0.3 is 0 Å². The lowest BCUT2D eigenvalue weighted by Crippen LogP contribution is -2.12. The van der Waals surface area contributed by atoms with E-state index < -0.39 is 20.0 Å². The molecular formula is C32H26N6O4S2. The third-order valence-electron chi connectivity index (χ3n) is 7.03. The van der Waals surface area contributed by atoms with E-state index in [1.807, 2.05) is 37.4 Å². The van der Waals surface area contributed by atoms with Crippen molar-refractivity contribution in [1.82, 2.24) is 18.7 Å². The van der Waals surface area contributed by atoms with Crippen LogP contribution in [0.5, 0.6) is 0 Å². The maximum absolute atomic E-state index is 13.9. The van der Waals surface area contributed by atoms with E-state index in [2.05, 4.69) is 20.9 Å². The predicted molar refractivity (Wildman–Crippen MR) is 169 cm³/mol. The third kappa shape index (κ3) is 5.83. The van der Waals surface area contributed by atoms with Gasteiger partial charge in [0.2, 0.25) is 10.0 Å². The number of hydrogen-bond donors (Lipinski definition) is 1. The third-order valence-corrected chi connectivity index (χ3v) is 9.30. The Hall–Kier alpha value is -5.25. The predicted octanol–water partition coefficient (Wildman–Crippen LogP) is 5.40. The summed E-state index contributed by atoms with van der Waals surface area (Å²) in [7, 11) is -7.48. The van der Waals surface area contributed by atoms with Crippen LogP contribution in [0.4, 0.5) is 5.69 Å². The minimum absolute atomic E-state index is 0.130. The molecule has 0 aliphatic carbocycles. The number of sulfonamides is 1. The molecular weight excluding hydrogens is 597 g/mol. The van der Waals surface area contributed by atoms with Gasteiger partial charge in [-0.1, -0.05) is 42.0 Å². The molecule has 0 spiro atoms. The molecule has 0 amide bonds. The van der Waals surface area contributed by atoms with Gasteiger partial charge in [-0.05, 0) is 60.5 Å². The smallest absolute Gasteiger partial charge is 0.269 e. The molecule has 3 aromatic heterocycles. The standard InChI is InChI=1S/C32H26N6O4S2/c1-22-9-11-29(12-10-22)44(41,42)38-21-31(27-18-35-37(20-27)19-24-6-3-5-23(13-24)16-33)30-15-26(17-34-32(30)38)25-7-4-8-28(14-25)36-43(2,39)40/h3-15,17-18,20-21,36H,19H2,1-2H3. The average molecular weight is 623 g/mol. The van der Waals surface area contributed by atoms with Crippen molar-refractivity contribution in [2.75, 3.05) is 11.0 Å². The molecule has 0 saturated carbocycles. The maximum atomic E-state index is 13.9. The molecule has 0 atom stereocenters.